The van der Waals surface area contributed by atoms with Gasteiger partial charge < -0.3 is 15.5 Å². The van der Waals surface area contributed by atoms with Crippen LogP contribution in [0.15, 0.2) is 42.5 Å². The number of amides is 1. The van der Waals surface area contributed by atoms with Crippen LogP contribution < -0.4 is 5.32 Å². The number of rotatable bonds is 3. The average Bonchev–Trinajstić information content (AvgIpc) is 2.40. The fourth-order valence-electron chi connectivity index (χ4n) is 1.59. The van der Waals surface area contributed by atoms with E-state index in [9.17, 15) is 14.7 Å². The number of carbonyl (C=O) groups is 2. The molecule has 0 aromatic heterocycles. The summed E-state index contributed by atoms with van der Waals surface area (Å²) in [6.45, 7) is 0. The van der Waals surface area contributed by atoms with Crippen molar-refractivity contribution in [2.45, 2.75) is 0 Å². The van der Waals surface area contributed by atoms with Gasteiger partial charge in [-0.15, -0.1) is 0 Å². The van der Waals surface area contributed by atoms with Gasteiger partial charge in [0.25, 0.3) is 5.91 Å². The molecule has 6 heteroatoms. The molecule has 0 radical (unpaired) electrons. The first-order chi connectivity index (χ1) is 9.47. The van der Waals surface area contributed by atoms with Crippen molar-refractivity contribution in [3.8, 4) is 5.75 Å². The minimum Gasteiger partial charge on any atom is -0.506 e. The Morgan fingerprint density at radius 3 is 2.40 bits per heavy atom. The number of hydrogen-bond acceptors (Lipinski definition) is 3. The third kappa shape index (κ3) is 3.07. The zero-order valence-electron chi connectivity index (χ0n) is 10.1. The van der Waals surface area contributed by atoms with Gasteiger partial charge in [-0.1, -0.05) is 17.7 Å². The molecule has 0 fully saturated rings. The number of carboxylic acids is 1. The summed E-state index contributed by atoms with van der Waals surface area (Å²) in [5, 5.41) is 21.4. The summed E-state index contributed by atoms with van der Waals surface area (Å²) < 4.78 is 0. The highest BCUT2D eigenvalue weighted by Gasteiger charge is 2.11. The molecule has 0 heterocycles. The van der Waals surface area contributed by atoms with Crippen molar-refractivity contribution in [3.63, 3.8) is 0 Å². The molecule has 2 rings (SSSR count). The largest absolute Gasteiger partial charge is 0.506 e. The number of aromatic carboxylic acids is 1. The second kappa shape index (κ2) is 5.63. The Morgan fingerprint density at radius 2 is 1.80 bits per heavy atom. The molecule has 0 bridgehead atoms. The van der Waals surface area contributed by atoms with Gasteiger partial charge in [0, 0.05) is 10.6 Å². The molecule has 2 aromatic carbocycles. The Bertz CT molecular complexity index is 685. The number of halogens is 1. The van der Waals surface area contributed by atoms with E-state index in [0.717, 1.165) is 6.07 Å². The molecule has 5 nitrogen and oxygen atoms in total. The van der Waals surface area contributed by atoms with Gasteiger partial charge in [0.15, 0.2) is 0 Å². The molecule has 0 unspecified atom stereocenters. The van der Waals surface area contributed by atoms with Gasteiger partial charge in [0.2, 0.25) is 0 Å². The number of aromatic hydroxyl groups is 1. The van der Waals surface area contributed by atoms with Gasteiger partial charge >= 0.3 is 5.97 Å². The molecule has 2 aromatic rings. The van der Waals surface area contributed by atoms with Crippen LogP contribution in [0, 0.1) is 0 Å². The van der Waals surface area contributed by atoms with Crippen LogP contribution >= 0.6 is 11.6 Å². The highest BCUT2D eigenvalue weighted by Crippen LogP contribution is 2.25. The van der Waals surface area contributed by atoms with Crippen LogP contribution in [0.2, 0.25) is 5.02 Å². The van der Waals surface area contributed by atoms with E-state index in [1.165, 1.54) is 18.2 Å². The molecular weight excluding hydrogens is 282 g/mol. The smallest absolute Gasteiger partial charge is 0.335 e. The second-order valence-electron chi connectivity index (χ2n) is 4.00. The molecule has 0 aliphatic carbocycles. The van der Waals surface area contributed by atoms with Crippen LogP contribution in [0.25, 0.3) is 0 Å². The minimum atomic E-state index is -1.16. The summed E-state index contributed by atoms with van der Waals surface area (Å²) in [5.74, 6) is -1.93. The Kier molecular flexibility index (Phi) is 3.91. The fourth-order valence-corrected chi connectivity index (χ4v) is 1.78. The van der Waals surface area contributed by atoms with Crippen LogP contribution in [-0.2, 0) is 0 Å². The van der Waals surface area contributed by atoms with E-state index in [0.29, 0.717) is 10.6 Å². The summed E-state index contributed by atoms with van der Waals surface area (Å²) >= 11 is 5.78. The van der Waals surface area contributed by atoms with E-state index in [4.69, 9.17) is 16.7 Å². The summed E-state index contributed by atoms with van der Waals surface area (Å²) in [6, 6.07) is 10.00. The summed E-state index contributed by atoms with van der Waals surface area (Å²) in [5.41, 5.74) is 0.391. The average molecular weight is 292 g/mol. The topological polar surface area (TPSA) is 86.6 Å². The van der Waals surface area contributed by atoms with Gasteiger partial charge in [-0.05, 0) is 36.4 Å². The first-order valence-corrected chi connectivity index (χ1v) is 5.98. The van der Waals surface area contributed by atoms with Gasteiger partial charge in [0.05, 0.1) is 11.3 Å². The van der Waals surface area contributed by atoms with Crippen molar-refractivity contribution in [1.29, 1.82) is 0 Å². The summed E-state index contributed by atoms with van der Waals surface area (Å²) in [6.07, 6.45) is 0. The van der Waals surface area contributed by atoms with E-state index < -0.39 is 11.9 Å². The van der Waals surface area contributed by atoms with Gasteiger partial charge in [-0.2, -0.15) is 0 Å². The van der Waals surface area contributed by atoms with E-state index in [1.807, 2.05) is 0 Å². The van der Waals surface area contributed by atoms with Gasteiger partial charge in [-0.25, -0.2) is 4.79 Å². The van der Waals surface area contributed by atoms with E-state index >= 15 is 0 Å². The third-order valence-electron chi connectivity index (χ3n) is 2.58. The number of benzene rings is 2. The van der Waals surface area contributed by atoms with Crippen molar-refractivity contribution in [2.75, 3.05) is 5.32 Å². The zero-order chi connectivity index (χ0) is 14.7. The predicted molar refractivity (Wildman–Crippen MR) is 74.5 cm³/mol. The Labute approximate surface area is 119 Å². The summed E-state index contributed by atoms with van der Waals surface area (Å²) in [4.78, 5) is 22.7. The maximum Gasteiger partial charge on any atom is 0.335 e. The van der Waals surface area contributed by atoms with E-state index in [-0.39, 0.29) is 17.0 Å². The number of phenols is 1. The zero-order valence-corrected chi connectivity index (χ0v) is 10.9. The third-order valence-corrected chi connectivity index (χ3v) is 2.81. The number of carbonyl (C=O) groups excluding carboxylic acids is 1. The molecular formula is C14H10ClNO4. The maximum atomic E-state index is 11.9. The van der Waals surface area contributed by atoms with E-state index in [1.54, 1.807) is 18.2 Å². The first-order valence-electron chi connectivity index (χ1n) is 5.60. The van der Waals surface area contributed by atoms with Gasteiger partial charge in [0.1, 0.15) is 5.75 Å². The van der Waals surface area contributed by atoms with Crippen LogP contribution in [0.4, 0.5) is 5.69 Å². The summed E-state index contributed by atoms with van der Waals surface area (Å²) in [7, 11) is 0. The SMILES string of the molecule is O=C(O)c1ccc(NC(=O)c2cccc(Cl)c2)c(O)c1. The monoisotopic (exact) mass is 291 g/mol. The number of hydrogen-bond donors (Lipinski definition) is 3. The van der Waals surface area contributed by atoms with Crippen LogP contribution in [0.5, 0.6) is 5.75 Å². The molecule has 0 saturated carbocycles. The highest BCUT2D eigenvalue weighted by atomic mass is 35.5. The van der Waals surface area contributed by atoms with Gasteiger partial charge in [-0.3, -0.25) is 4.79 Å². The quantitative estimate of drug-likeness (QED) is 0.759. The lowest BCUT2D eigenvalue weighted by Crippen LogP contribution is -2.12. The highest BCUT2D eigenvalue weighted by molar-refractivity contribution is 6.31. The lowest BCUT2D eigenvalue weighted by molar-refractivity contribution is 0.0696. The molecule has 20 heavy (non-hydrogen) atoms. The van der Waals surface area contributed by atoms with Crippen molar-refractivity contribution in [3.05, 3.63) is 58.6 Å². The number of carboxylic acid groups (broad SMARTS) is 1. The van der Waals surface area contributed by atoms with Crippen molar-refractivity contribution < 1.29 is 19.8 Å². The molecule has 3 N–H and O–H groups in total. The maximum absolute atomic E-state index is 11.9. The van der Waals surface area contributed by atoms with Crippen LogP contribution in [-0.4, -0.2) is 22.1 Å². The van der Waals surface area contributed by atoms with Crippen LogP contribution in [0.3, 0.4) is 0 Å². The first kappa shape index (κ1) is 13.9. The lowest BCUT2D eigenvalue weighted by Gasteiger charge is -2.08. The molecule has 0 saturated heterocycles. The number of phenolic OH excluding ortho intramolecular Hbond substituents is 1. The van der Waals surface area contributed by atoms with Crippen LogP contribution in [0.1, 0.15) is 20.7 Å². The molecule has 0 spiro atoms. The normalized spacial score (nSPS) is 10.1. The lowest BCUT2D eigenvalue weighted by atomic mass is 10.1. The predicted octanol–water partition coefficient (Wildman–Crippen LogP) is 3.00. The van der Waals surface area contributed by atoms with Crippen molar-refractivity contribution in [1.82, 2.24) is 0 Å². The molecule has 1 amide bonds. The fraction of sp³-hybridized carbons (Fsp3) is 0. The minimum absolute atomic E-state index is 0.0664. The Hall–Kier alpha value is -2.53. The molecule has 0 aliphatic heterocycles. The van der Waals surface area contributed by atoms with Crippen molar-refractivity contribution in [2.24, 2.45) is 0 Å². The molecule has 0 aliphatic rings. The Balaban J connectivity index is 2.22. The number of anilines is 1. The second-order valence-corrected chi connectivity index (χ2v) is 4.44. The molecule has 0 atom stereocenters. The van der Waals surface area contributed by atoms with E-state index in [2.05, 4.69) is 5.32 Å². The molecule has 102 valence electrons. The number of nitrogens with one attached hydrogen (secondary N) is 1. The standard InChI is InChI=1S/C14H10ClNO4/c15-10-3-1-2-8(6-10)13(18)16-11-5-4-9(14(19)20)7-12(11)17/h1-7,17H,(H,16,18)(H,19,20). The van der Waals surface area contributed by atoms with Crippen molar-refractivity contribution >= 4 is 29.2 Å². The Morgan fingerprint density at radius 1 is 1.05 bits per heavy atom.